The molecule has 0 radical (unpaired) electrons. The van der Waals surface area contributed by atoms with Gasteiger partial charge >= 0.3 is 5.97 Å². The lowest BCUT2D eigenvalue weighted by molar-refractivity contribution is -0.136. The average molecular weight is 269 g/mol. The number of thiophene rings is 1. The van der Waals surface area contributed by atoms with Gasteiger partial charge in [0.05, 0.1) is 12.5 Å². The highest BCUT2D eigenvalue weighted by atomic mass is 32.1. The van der Waals surface area contributed by atoms with Gasteiger partial charge in [-0.1, -0.05) is 0 Å². The Morgan fingerprint density at radius 2 is 2.17 bits per heavy atom. The Balaban J connectivity index is 1.79. The minimum absolute atomic E-state index is 0.104. The number of carbonyl (C=O) groups is 1. The number of aliphatic carboxylic acids is 1. The summed E-state index contributed by atoms with van der Waals surface area (Å²) >= 11 is 1.54. The first-order valence-corrected chi connectivity index (χ1v) is 7.16. The Morgan fingerprint density at radius 1 is 1.39 bits per heavy atom. The summed E-state index contributed by atoms with van der Waals surface area (Å²) in [6.45, 7) is 0.766. The van der Waals surface area contributed by atoms with E-state index in [1.54, 1.807) is 11.3 Å². The first kappa shape index (κ1) is 13.5. The number of rotatable bonds is 5. The molecule has 100 valence electrons. The summed E-state index contributed by atoms with van der Waals surface area (Å²) in [6.07, 6.45) is 3.88. The average Bonchev–Trinajstić information content (AvgIpc) is 2.73. The van der Waals surface area contributed by atoms with Gasteiger partial charge in [-0.2, -0.15) is 0 Å². The molecule has 1 aromatic heterocycles. The predicted octanol–water partition coefficient (Wildman–Crippen LogP) is 1.77. The van der Waals surface area contributed by atoms with E-state index in [2.05, 4.69) is 5.32 Å². The van der Waals surface area contributed by atoms with Crippen LogP contribution in [0.25, 0.3) is 0 Å². The van der Waals surface area contributed by atoms with Crippen molar-refractivity contribution in [3.05, 3.63) is 21.9 Å². The van der Waals surface area contributed by atoms with Crippen LogP contribution >= 0.6 is 11.3 Å². The van der Waals surface area contributed by atoms with Gasteiger partial charge in [0.1, 0.15) is 0 Å². The van der Waals surface area contributed by atoms with Crippen molar-refractivity contribution in [2.75, 3.05) is 0 Å². The molecule has 0 bridgehead atoms. The lowest BCUT2D eigenvalue weighted by atomic mass is 9.93. The fourth-order valence-corrected chi connectivity index (χ4v) is 3.32. The zero-order chi connectivity index (χ0) is 13.0. The van der Waals surface area contributed by atoms with Gasteiger partial charge in [-0.05, 0) is 37.8 Å². The van der Waals surface area contributed by atoms with Gasteiger partial charge in [0, 0.05) is 22.3 Å². The van der Waals surface area contributed by atoms with Crippen LogP contribution in [0.4, 0.5) is 0 Å². The minimum atomic E-state index is -0.785. The minimum Gasteiger partial charge on any atom is -0.481 e. The maximum absolute atomic E-state index is 10.6. The van der Waals surface area contributed by atoms with Gasteiger partial charge in [-0.3, -0.25) is 4.79 Å². The number of hydrogen-bond donors (Lipinski definition) is 3. The van der Waals surface area contributed by atoms with Crippen LogP contribution in [0.1, 0.15) is 35.4 Å². The van der Waals surface area contributed by atoms with Crippen LogP contribution in [-0.2, 0) is 17.8 Å². The molecule has 5 heteroatoms. The summed E-state index contributed by atoms with van der Waals surface area (Å²) in [5.41, 5.74) is 0. The summed E-state index contributed by atoms with van der Waals surface area (Å²) in [5, 5.41) is 21.7. The molecule has 0 saturated heterocycles. The lowest BCUT2D eigenvalue weighted by Gasteiger charge is -2.26. The topological polar surface area (TPSA) is 69.6 Å². The highest BCUT2D eigenvalue weighted by Crippen LogP contribution is 2.21. The van der Waals surface area contributed by atoms with Crippen molar-refractivity contribution in [1.29, 1.82) is 0 Å². The van der Waals surface area contributed by atoms with E-state index in [0.29, 0.717) is 6.04 Å². The van der Waals surface area contributed by atoms with Crippen molar-refractivity contribution >= 4 is 17.3 Å². The molecule has 3 N–H and O–H groups in total. The third-order valence-electron chi connectivity index (χ3n) is 3.25. The molecule has 0 aromatic carbocycles. The molecule has 1 aliphatic carbocycles. The van der Waals surface area contributed by atoms with Crippen molar-refractivity contribution in [3.8, 4) is 0 Å². The molecule has 1 aromatic rings. The van der Waals surface area contributed by atoms with Crippen LogP contribution in [0.5, 0.6) is 0 Å². The van der Waals surface area contributed by atoms with E-state index in [1.807, 2.05) is 12.1 Å². The quantitative estimate of drug-likeness (QED) is 0.762. The Hall–Kier alpha value is -0.910. The summed E-state index contributed by atoms with van der Waals surface area (Å²) < 4.78 is 0. The lowest BCUT2D eigenvalue weighted by Crippen LogP contribution is -2.35. The molecular formula is C13H19NO3S. The number of aliphatic hydroxyl groups is 1. The van der Waals surface area contributed by atoms with Gasteiger partial charge < -0.3 is 15.5 Å². The predicted molar refractivity (Wildman–Crippen MR) is 70.8 cm³/mol. The normalized spacial score (nSPS) is 24.1. The first-order chi connectivity index (χ1) is 8.63. The molecule has 1 heterocycles. The van der Waals surface area contributed by atoms with Crippen molar-refractivity contribution in [3.63, 3.8) is 0 Å². The Morgan fingerprint density at radius 3 is 2.89 bits per heavy atom. The van der Waals surface area contributed by atoms with Crippen molar-refractivity contribution < 1.29 is 15.0 Å². The molecule has 4 nitrogen and oxygen atoms in total. The largest absolute Gasteiger partial charge is 0.481 e. The van der Waals surface area contributed by atoms with Crippen LogP contribution in [0, 0.1) is 0 Å². The molecule has 18 heavy (non-hydrogen) atoms. The van der Waals surface area contributed by atoms with Crippen molar-refractivity contribution in [2.45, 2.75) is 50.8 Å². The fourth-order valence-electron chi connectivity index (χ4n) is 2.36. The smallest absolute Gasteiger partial charge is 0.308 e. The Kier molecular flexibility index (Phi) is 4.74. The summed E-state index contributed by atoms with van der Waals surface area (Å²) in [7, 11) is 0. The zero-order valence-corrected chi connectivity index (χ0v) is 11.1. The molecular weight excluding hydrogens is 250 g/mol. The third-order valence-corrected chi connectivity index (χ3v) is 4.34. The number of aliphatic hydroxyl groups excluding tert-OH is 1. The molecule has 0 aliphatic heterocycles. The molecule has 0 spiro atoms. The molecule has 2 rings (SSSR count). The Labute approximate surface area is 111 Å². The standard InChI is InChI=1S/C13H19NO3S/c15-10-3-1-2-9(6-10)14-8-12-5-4-11(18-12)7-13(16)17/h4-5,9-10,14-15H,1-3,6-8H2,(H,16,17). The number of nitrogens with one attached hydrogen (secondary N) is 1. The number of carboxylic acid groups (broad SMARTS) is 1. The van der Waals surface area contributed by atoms with E-state index in [9.17, 15) is 9.90 Å². The van der Waals surface area contributed by atoms with Gasteiger partial charge in [0.15, 0.2) is 0 Å². The SMILES string of the molecule is O=C(O)Cc1ccc(CNC2CCCC(O)C2)s1. The third kappa shape index (κ3) is 4.08. The van der Waals surface area contributed by atoms with E-state index in [4.69, 9.17) is 5.11 Å². The van der Waals surface area contributed by atoms with Crippen LogP contribution < -0.4 is 5.32 Å². The molecule has 2 atom stereocenters. The van der Waals surface area contributed by atoms with Crippen molar-refractivity contribution in [2.24, 2.45) is 0 Å². The molecule has 1 saturated carbocycles. The second-order valence-electron chi connectivity index (χ2n) is 4.84. The summed E-state index contributed by atoms with van der Waals surface area (Å²) in [4.78, 5) is 12.6. The van der Waals surface area contributed by atoms with E-state index >= 15 is 0 Å². The van der Waals surface area contributed by atoms with Gasteiger partial charge in [-0.15, -0.1) is 11.3 Å². The van der Waals surface area contributed by atoms with E-state index < -0.39 is 5.97 Å². The van der Waals surface area contributed by atoms with Gasteiger partial charge in [0.2, 0.25) is 0 Å². The van der Waals surface area contributed by atoms with E-state index in [-0.39, 0.29) is 12.5 Å². The van der Waals surface area contributed by atoms with Crippen LogP contribution in [0.15, 0.2) is 12.1 Å². The van der Waals surface area contributed by atoms with E-state index in [1.165, 1.54) is 0 Å². The second-order valence-corrected chi connectivity index (χ2v) is 6.09. The zero-order valence-electron chi connectivity index (χ0n) is 10.3. The summed E-state index contributed by atoms with van der Waals surface area (Å²) in [6, 6.07) is 4.25. The number of carboxylic acids is 1. The van der Waals surface area contributed by atoms with Crippen LogP contribution in [-0.4, -0.2) is 28.3 Å². The summed E-state index contributed by atoms with van der Waals surface area (Å²) in [5.74, 6) is -0.785. The maximum Gasteiger partial charge on any atom is 0.308 e. The first-order valence-electron chi connectivity index (χ1n) is 6.34. The maximum atomic E-state index is 10.6. The van der Waals surface area contributed by atoms with Gasteiger partial charge in [-0.25, -0.2) is 0 Å². The molecule has 2 unspecified atom stereocenters. The van der Waals surface area contributed by atoms with Gasteiger partial charge in [0.25, 0.3) is 0 Å². The van der Waals surface area contributed by atoms with Crippen LogP contribution in [0.2, 0.25) is 0 Å². The molecule has 0 amide bonds. The molecule has 1 fully saturated rings. The molecule has 1 aliphatic rings. The monoisotopic (exact) mass is 269 g/mol. The second kappa shape index (κ2) is 6.31. The van der Waals surface area contributed by atoms with E-state index in [0.717, 1.165) is 42.0 Å². The van der Waals surface area contributed by atoms with Crippen LogP contribution in [0.3, 0.4) is 0 Å². The van der Waals surface area contributed by atoms with Crippen molar-refractivity contribution in [1.82, 2.24) is 5.32 Å². The fraction of sp³-hybridized carbons (Fsp3) is 0.615. The highest BCUT2D eigenvalue weighted by molar-refractivity contribution is 7.12. The Bertz CT molecular complexity index is 405. The number of hydrogen-bond acceptors (Lipinski definition) is 4. The highest BCUT2D eigenvalue weighted by Gasteiger charge is 2.19.